The van der Waals surface area contributed by atoms with Gasteiger partial charge in [-0.25, -0.2) is 9.18 Å². The van der Waals surface area contributed by atoms with E-state index in [1.54, 1.807) is 6.92 Å². The van der Waals surface area contributed by atoms with Gasteiger partial charge in [0.25, 0.3) is 5.91 Å². The van der Waals surface area contributed by atoms with Gasteiger partial charge < -0.3 is 19.9 Å². The Balaban J connectivity index is 2.30. The van der Waals surface area contributed by atoms with E-state index in [-0.39, 0.29) is 21.9 Å². The summed E-state index contributed by atoms with van der Waals surface area (Å²) in [6, 6.07) is 7.70. The lowest BCUT2D eigenvalue weighted by Gasteiger charge is -2.17. The molecule has 0 unspecified atom stereocenters. The molecule has 0 aliphatic rings. The van der Waals surface area contributed by atoms with Gasteiger partial charge in [-0.1, -0.05) is 30.7 Å². The fraction of sp³-hybridized carbons (Fsp3) is 0.300. The Morgan fingerprint density at radius 1 is 1.14 bits per heavy atom. The number of benzene rings is 2. The molecular formula is C20H21ClFNO5. The monoisotopic (exact) mass is 409 g/mol. The molecule has 0 saturated carbocycles. The lowest BCUT2D eigenvalue weighted by molar-refractivity contribution is -0.127. The number of primary amides is 1. The minimum Gasteiger partial charge on any atom is -0.490 e. The van der Waals surface area contributed by atoms with Gasteiger partial charge in [0.1, 0.15) is 5.82 Å². The molecule has 0 spiro atoms. The Morgan fingerprint density at radius 3 is 2.39 bits per heavy atom. The number of ether oxygens (including phenoxy) is 3. The number of halogens is 2. The zero-order chi connectivity index (χ0) is 20.7. The summed E-state index contributed by atoms with van der Waals surface area (Å²) in [6.07, 6.45) is -0.609. The maximum absolute atomic E-state index is 13.1. The van der Waals surface area contributed by atoms with Crippen molar-refractivity contribution in [2.24, 2.45) is 5.73 Å². The highest BCUT2D eigenvalue weighted by Gasteiger charge is 2.25. The van der Waals surface area contributed by atoms with Crippen LogP contribution in [0.25, 0.3) is 0 Å². The van der Waals surface area contributed by atoms with Crippen molar-refractivity contribution in [1.82, 2.24) is 0 Å². The van der Waals surface area contributed by atoms with Crippen LogP contribution >= 0.6 is 11.6 Å². The van der Waals surface area contributed by atoms with Crippen molar-refractivity contribution in [1.29, 1.82) is 0 Å². The van der Waals surface area contributed by atoms with Crippen molar-refractivity contribution >= 4 is 23.5 Å². The van der Waals surface area contributed by atoms with Crippen LogP contribution in [0.1, 0.15) is 42.3 Å². The first kappa shape index (κ1) is 21.5. The maximum Gasteiger partial charge on any atom is 0.339 e. The lowest BCUT2D eigenvalue weighted by Crippen LogP contribution is -2.26. The molecule has 8 heteroatoms. The Labute approximate surface area is 167 Å². The molecule has 0 bridgehead atoms. The number of nitrogens with two attached hydrogens (primary N) is 1. The quantitative estimate of drug-likeness (QED) is 0.631. The van der Waals surface area contributed by atoms with E-state index in [0.717, 1.165) is 18.6 Å². The first-order valence-corrected chi connectivity index (χ1v) is 9.10. The van der Waals surface area contributed by atoms with Crippen LogP contribution in [0.4, 0.5) is 4.39 Å². The van der Waals surface area contributed by atoms with Gasteiger partial charge in [-0.15, -0.1) is 0 Å². The Kier molecular flexibility index (Phi) is 7.63. The van der Waals surface area contributed by atoms with Crippen LogP contribution in [0.15, 0.2) is 36.4 Å². The first-order valence-electron chi connectivity index (χ1n) is 8.72. The van der Waals surface area contributed by atoms with Crippen molar-refractivity contribution < 1.29 is 28.2 Å². The summed E-state index contributed by atoms with van der Waals surface area (Å²) in [5, 5.41) is 0.170. The number of rotatable bonds is 9. The van der Waals surface area contributed by atoms with Crippen LogP contribution in [-0.4, -0.2) is 25.1 Å². The Morgan fingerprint density at radius 2 is 1.82 bits per heavy atom. The molecule has 0 radical (unpaired) electrons. The summed E-state index contributed by atoms with van der Waals surface area (Å²) < 4.78 is 29.4. The van der Waals surface area contributed by atoms with Crippen molar-refractivity contribution in [2.75, 3.05) is 13.2 Å². The molecule has 2 N–H and O–H groups in total. The first-order chi connectivity index (χ1) is 13.4. The van der Waals surface area contributed by atoms with E-state index in [9.17, 15) is 14.0 Å². The molecule has 2 aromatic carbocycles. The number of esters is 1. The van der Waals surface area contributed by atoms with Gasteiger partial charge in [0.15, 0.2) is 11.5 Å². The van der Waals surface area contributed by atoms with Crippen LogP contribution in [0.3, 0.4) is 0 Å². The van der Waals surface area contributed by atoms with E-state index in [1.165, 1.54) is 24.3 Å². The van der Waals surface area contributed by atoms with E-state index >= 15 is 0 Å². The molecule has 2 rings (SSSR count). The normalized spacial score (nSPS) is 11.6. The molecule has 0 aromatic heterocycles. The zero-order valence-electron chi connectivity index (χ0n) is 15.5. The van der Waals surface area contributed by atoms with Crippen molar-refractivity contribution in [3.8, 4) is 11.5 Å². The predicted octanol–water partition coefficient (Wildman–Crippen LogP) is 4.05. The molecule has 0 heterocycles. The summed E-state index contributed by atoms with van der Waals surface area (Å²) in [6.45, 7) is 4.48. The average Bonchev–Trinajstić information content (AvgIpc) is 2.66. The zero-order valence-corrected chi connectivity index (χ0v) is 16.3. The standard InChI is InChI=1S/C20H21ClFNO5/c1-3-9-27-18-15(21)10-13(11-16(18)26-4-2)20(25)28-17(19(23)24)12-5-7-14(22)8-6-12/h5-8,10-11,17H,3-4,9H2,1-2H3,(H2,23,24)/t17-/m0/s1. The maximum atomic E-state index is 13.1. The fourth-order valence-electron chi connectivity index (χ4n) is 2.40. The van der Waals surface area contributed by atoms with Crippen LogP contribution in [0.5, 0.6) is 11.5 Å². The molecule has 1 atom stereocenters. The molecule has 150 valence electrons. The van der Waals surface area contributed by atoms with Gasteiger partial charge in [0.05, 0.1) is 23.8 Å². The van der Waals surface area contributed by atoms with E-state index in [1.807, 2.05) is 6.92 Å². The third kappa shape index (κ3) is 5.36. The van der Waals surface area contributed by atoms with Gasteiger partial charge in [-0.3, -0.25) is 4.79 Å². The Bertz CT molecular complexity index is 841. The van der Waals surface area contributed by atoms with Crippen molar-refractivity contribution in [2.45, 2.75) is 26.4 Å². The average molecular weight is 410 g/mol. The molecule has 0 aliphatic heterocycles. The highest BCUT2D eigenvalue weighted by Crippen LogP contribution is 2.37. The molecule has 0 fully saturated rings. The highest BCUT2D eigenvalue weighted by molar-refractivity contribution is 6.32. The smallest absolute Gasteiger partial charge is 0.339 e. The van der Waals surface area contributed by atoms with Gasteiger partial charge in [0, 0.05) is 5.56 Å². The minimum absolute atomic E-state index is 0.0608. The molecule has 0 saturated heterocycles. The summed E-state index contributed by atoms with van der Waals surface area (Å²) in [4.78, 5) is 24.3. The summed E-state index contributed by atoms with van der Waals surface area (Å²) in [5.74, 6) is -1.61. The SMILES string of the molecule is CCCOc1c(Cl)cc(C(=O)O[C@H](C(N)=O)c2ccc(F)cc2)cc1OCC. The molecule has 6 nitrogen and oxygen atoms in total. The topological polar surface area (TPSA) is 87.9 Å². The number of hydrogen-bond acceptors (Lipinski definition) is 5. The predicted molar refractivity (Wildman–Crippen MR) is 102 cm³/mol. The molecule has 2 aromatic rings. The molecule has 0 aliphatic carbocycles. The lowest BCUT2D eigenvalue weighted by atomic mass is 10.1. The molecule has 28 heavy (non-hydrogen) atoms. The van der Waals surface area contributed by atoms with Crippen LogP contribution in [-0.2, 0) is 9.53 Å². The molecular weight excluding hydrogens is 389 g/mol. The second-order valence-electron chi connectivity index (χ2n) is 5.81. The second-order valence-corrected chi connectivity index (χ2v) is 6.21. The van der Waals surface area contributed by atoms with Gasteiger partial charge in [-0.05, 0) is 37.6 Å². The third-order valence-corrected chi connectivity index (χ3v) is 3.93. The summed E-state index contributed by atoms with van der Waals surface area (Å²) in [5.41, 5.74) is 5.65. The van der Waals surface area contributed by atoms with Crippen LogP contribution < -0.4 is 15.2 Å². The van der Waals surface area contributed by atoms with E-state index in [4.69, 9.17) is 31.5 Å². The second kappa shape index (κ2) is 9.94. The van der Waals surface area contributed by atoms with E-state index < -0.39 is 23.8 Å². The fourth-order valence-corrected chi connectivity index (χ4v) is 2.66. The van der Waals surface area contributed by atoms with Gasteiger partial charge >= 0.3 is 5.97 Å². The summed E-state index contributed by atoms with van der Waals surface area (Å²) >= 11 is 6.24. The number of hydrogen-bond donors (Lipinski definition) is 1. The van der Waals surface area contributed by atoms with Crippen LogP contribution in [0.2, 0.25) is 5.02 Å². The highest BCUT2D eigenvalue weighted by atomic mass is 35.5. The van der Waals surface area contributed by atoms with Gasteiger partial charge in [0.2, 0.25) is 6.10 Å². The van der Waals surface area contributed by atoms with E-state index in [0.29, 0.717) is 19.0 Å². The van der Waals surface area contributed by atoms with E-state index in [2.05, 4.69) is 0 Å². The largest absolute Gasteiger partial charge is 0.490 e. The van der Waals surface area contributed by atoms with Crippen LogP contribution in [0, 0.1) is 5.82 Å². The Hall–Kier alpha value is -2.80. The number of amides is 1. The van der Waals surface area contributed by atoms with Gasteiger partial charge in [-0.2, -0.15) is 0 Å². The van der Waals surface area contributed by atoms with Crippen molar-refractivity contribution in [3.05, 3.63) is 58.4 Å². The third-order valence-electron chi connectivity index (χ3n) is 3.65. The number of carbonyl (C=O) groups excluding carboxylic acids is 2. The molecule has 1 amide bonds. The van der Waals surface area contributed by atoms with Crippen molar-refractivity contribution in [3.63, 3.8) is 0 Å². The minimum atomic E-state index is -1.38. The summed E-state index contributed by atoms with van der Waals surface area (Å²) in [7, 11) is 0. The number of carbonyl (C=O) groups is 2.